The maximum Gasteiger partial charge on any atom is 0.253 e. The van der Waals surface area contributed by atoms with E-state index in [-0.39, 0.29) is 17.7 Å². The highest BCUT2D eigenvalue weighted by Gasteiger charge is 2.29. The number of benzene rings is 2. The van der Waals surface area contributed by atoms with Gasteiger partial charge in [0.05, 0.1) is 5.92 Å². The second kappa shape index (κ2) is 9.54. The summed E-state index contributed by atoms with van der Waals surface area (Å²) in [6, 6.07) is 18.0. The monoisotopic (exact) mass is 378 g/mol. The minimum absolute atomic E-state index is 0.0215. The molecule has 148 valence electrons. The first-order valence-electron chi connectivity index (χ1n) is 10.3. The van der Waals surface area contributed by atoms with Crippen molar-refractivity contribution in [2.75, 3.05) is 19.6 Å². The lowest BCUT2D eigenvalue weighted by Crippen LogP contribution is -2.46. The van der Waals surface area contributed by atoms with Crippen molar-refractivity contribution in [3.8, 4) is 0 Å². The normalized spacial score (nSPS) is 17.8. The van der Waals surface area contributed by atoms with E-state index in [0.29, 0.717) is 24.6 Å². The molecule has 1 N–H and O–H groups in total. The highest BCUT2D eigenvalue weighted by atomic mass is 16.2. The summed E-state index contributed by atoms with van der Waals surface area (Å²) in [4.78, 5) is 27.3. The largest absolute Gasteiger partial charge is 0.355 e. The van der Waals surface area contributed by atoms with Gasteiger partial charge >= 0.3 is 0 Å². The van der Waals surface area contributed by atoms with Gasteiger partial charge in [0.1, 0.15) is 0 Å². The van der Waals surface area contributed by atoms with Gasteiger partial charge in [-0.25, -0.2) is 0 Å². The Hall–Kier alpha value is -2.62. The standard InChI is InChI=1S/C24H30N2O2/c1-3-19(20-8-5-4-6-9-20)16-25-23(27)22-10-7-15-26(17-22)24(28)21-13-11-18(2)12-14-21/h4-6,8-9,11-14,19,22H,3,7,10,15-17H2,1-2H3,(H,25,27). The fourth-order valence-corrected chi connectivity index (χ4v) is 3.85. The smallest absolute Gasteiger partial charge is 0.253 e. The highest BCUT2D eigenvalue weighted by molar-refractivity contribution is 5.94. The zero-order valence-corrected chi connectivity index (χ0v) is 16.9. The molecular weight excluding hydrogens is 348 g/mol. The molecule has 2 aromatic rings. The van der Waals surface area contributed by atoms with Crippen molar-refractivity contribution in [3.05, 3.63) is 71.3 Å². The fraction of sp³-hybridized carbons (Fsp3) is 0.417. The molecule has 0 aromatic heterocycles. The van der Waals surface area contributed by atoms with E-state index in [1.165, 1.54) is 5.56 Å². The lowest BCUT2D eigenvalue weighted by Gasteiger charge is -2.32. The summed E-state index contributed by atoms with van der Waals surface area (Å²) in [6.45, 7) is 6.02. The zero-order valence-electron chi connectivity index (χ0n) is 16.9. The predicted octanol–water partition coefficient (Wildman–Crippen LogP) is 4.16. The number of carbonyl (C=O) groups excluding carboxylic acids is 2. The third-order valence-electron chi connectivity index (χ3n) is 5.66. The first-order chi connectivity index (χ1) is 13.6. The highest BCUT2D eigenvalue weighted by Crippen LogP contribution is 2.21. The molecular formula is C24H30N2O2. The Labute approximate surface area is 167 Å². The molecule has 3 rings (SSSR count). The van der Waals surface area contributed by atoms with Crippen LogP contribution < -0.4 is 5.32 Å². The number of rotatable bonds is 6. The molecule has 0 aliphatic carbocycles. The molecule has 1 saturated heterocycles. The Kier molecular flexibility index (Phi) is 6.85. The van der Waals surface area contributed by atoms with Gasteiger partial charge in [0.15, 0.2) is 0 Å². The van der Waals surface area contributed by atoms with E-state index in [1.54, 1.807) is 0 Å². The average Bonchev–Trinajstić information content (AvgIpc) is 2.75. The molecule has 1 aliphatic heterocycles. The number of aryl methyl sites for hydroxylation is 1. The summed E-state index contributed by atoms with van der Waals surface area (Å²) in [5, 5.41) is 3.13. The number of likely N-dealkylation sites (tertiary alicyclic amines) is 1. The molecule has 4 heteroatoms. The Morgan fingerprint density at radius 2 is 1.82 bits per heavy atom. The van der Waals surface area contributed by atoms with Crippen LogP contribution in [0.4, 0.5) is 0 Å². The van der Waals surface area contributed by atoms with Crippen LogP contribution in [0.5, 0.6) is 0 Å². The topological polar surface area (TPSA) is 49.4 Å². The van der Waals surface area contributed by atoms with Crippen LogP contribution >= 0.6 is 0 Å². The van der Waals surface area contributed by atoms with Crippen molar-refractivity contribution in [1.29, 1.82) is 0 Å². The molecule has 2 atom stereocenters. The summed E-state index contributed by atoms with van der Waals surface area (Å²) < 4.78 is 0. The second-order valence-corrected chi connectivity index (χ2v) is 7.72. The van der Waals surface area contributed by atoms with Crippen LogP contribution in [-0.2, 0) is 4.79 Å². The van der Waals surface area contributed by atoms with Crippen molar-refractivity contribution in [3.63, 3.8) is 0 Å². The van der Waals surface area contributed by atoms with Crippen molar-refractivity contribution in [2.24, 2.45) is 5.92 Å². The molecule has 0 radical (unpaired) electrons. The number of hydrogen-bond acceptors (Lipinski definition) is 2. The number of piperidine rings is 1. The number of amides is 2. The van der Waals surface area contributed by atoms with Crippen molar-refractivity contribution < 1.29 is 9.59 Å². The third kappa shape index (κ3) is 5.00. The van der Waals surface area contributed by atoms with Crippen LogP contribution in [0, 0.1) is 12.8 Å². The van der Waals surface area contributed by atoms with Gasteiger partial charge in [0, 0.05) is 31.1 Å². The fourth-order valence-electron chi connectivity index (χ4n) is 3.85. The first kappa shape index (κ1) is 20.1. The molecule has 1 fully saturated rings. The van der Waals surface area contributed by atoms with Crippen LogP contribution in [0.15, 0.2) is 54.6 Å². The Bertz CT molecular complexity index is 786. The van der Waals surface area contributed by atoms with Gasteiger partial charge in [-0.05, 0) is 43.9 Å². The number of carbonyl (C=O) groups is 2. The first-order valence-corrected chi connectivity index (χ1v) is 10.3. The van der Waals surface area contributed by atoms with Crippen molar-refractivity contribution in [1.82, 2.24) is 10.2 Å². The quantitative estimate of drug-likeness (QED) is 0.821. The summed E-state index contributed by atoms with van der Waals surface area (Å²) in [5.74, 6) is 0.277. The third-order valence-corrected chi connectivity index (χ3v) is 5.66. The Morgan fingerprint density at radius 3 is 2.50 bits per heavy atom. The van der Waals surface area contributed by atoms with Crippen LogP contribution in [0.25, 0.3) is 0 Å². The Morgan fingerprint density at radius 1 is 1.11 bits per heavy atom. The van der Waals surface area contributed by atoms with E-state index in [0.717, 1.165) is 31.4 Å². The van der Waals surface area contributed by atoms with Gasteiger partial charge < -0.3 is 10.2 Å². The number of nitrogens with zero attached hydrogens (tertiary/aromatic N) is 1. The van der Waals surface area contributed by atoms with E-state index in [1.807, 2.05) is 54.3 Å². The lowest BCUT2D eigenvalue weighted by atomic mass is 9.94. The van der Waals surface area contributed by atoms with Crippen molar-refractivity contribution >= 4 is 11.8 Å². The summed E-state index contributed by atoms with van der Waals surface area (Å²) in [7, 11) is 0. The molecule has 28 heavy (non-hydrogen) atoms. The number of hydrogen-bond donors (Lipinski definition) is 1. The van der Waals surface area contributed by atoms with Gasteiger partial charge in [-0.1, -0.05) is 55.0 Å². The summed E-state index contributed by atoms with van der Waals surface area (Å²) in [5.41, 5.74) is 3.09. The lowest BCUT2D eigenvalue weighted by molar-refractivity contribution is -0.126. The molecule has 2 aromatic carbocycles. The van der Waals surface area contributed by atoms with E-state index in [9.17, 15) is 9.59 Å². The maximum atomic E-state index is 12.8. The van der Waals surface area contributed by atoms with Crippen LogP contribution in [-0.4, -0.2) is 36.3 Å². The molecule has 0 spiro atoms. The Balaban J connectivity index is 1.56. The van der Waals surface area contributed by atoms with Crippen molar-refractivity contribution in [2.45, 2.75) is 39.0 Å². The maximum absolute atomic E-state index is 12.8. The van der Waals surface area contributed by atoms with Gasteiger partial charge in [-0.3, -0.25) is 9.59 Å². The minimum Gasteiger partial charge on any atom is -0.355 e. The second-order valence-electron chi connectivity index (χ2n) is 7.72. The minimum atomic E-state index is -0.128. The molecule has 4 nitrogen and oxygen atoms in total. The van der Waals surface area contributed by atoms with Crippen LogP contribution in [0.2, 0.25) is 0 Å². The average molecular weight is 379 g/mol. The van der Waals surface area contributed by atoms with Gasteiger partial charge in [0.25, 0.3) is 5.91 Å². The van der Waals surface area contributed by atoms with Crippen LogP contribution in [0.1, 0.15) is 53.6 Å². The van der Waals surface area contributed by atoms with Crippen LogP contribution in [0.3, 0.4) is 0 Å². The van der Waals surface area contributed by atoms with Gasteiger partial charge in [0.2, 0.25) is 5.91 Å². The molecule has 1 heterocycles. The molecule has 0 bridgehead atoms. The SMILES string of the molecule is CCC(CNC(=O)C1CCCN(C(=O)c2ccc(C)cc2)C1)c1ccccc1. The van der Waals surface area contributed by atoms with E-state index in [2.05, 4.69) is 24.4 Å². The molecule has 0 saturated carbocycles. The summed E-state index contributed by atoms with van der Waals surface area (Å²) >= 11 is 0. The molecule has 2 unspecified atom stereocenters. The van der Waals surface area contributed by atoms with E-state index >= 15 is 0 Å². The van der Waals surface area contributed by atoms with Gasteiger partial charge in [-0.2, -0.15) is 0 Å². The zero-order chi connectivity index (χ0) is 19.9. The van der Waals surface area contributed by atoms with E-state index in [4.69, 9.17) is 0 Å². The predicted molar refractivity (Wildman–Crippen MR) is 112 cm³/mol. The summed E-state index contributed by atoms with van der Waals surface area (Å²) in [6.07, 6.45) is 2.68. The number of nitrogens with one attached hydrogen (secondary N) is 1. The molecule has 1 aliphatic rings. The van der Waals surface area contributed by atoms with E-state index < -0.39 is 0 Å². The van der Waals surface area contributed by atoms with Gasteiger partial charge in [-0.15, -0.1) is 0 Å². The molecule has 2 amide bonds.